The summed E-state index contributed by atoms with van der Waals surface area (Å²) in [7, 11) is 1.34. The van der Waals surface area contributed by atoms with Crippen LogP contribution in [0.3, 0.4) is 0 Å². The van der Waals surface area contributed by atoms with Gasteiger partial charge < -0.3 is 9.64 Å². The molecule has 0 atom stereocenters. The number of carbonyl (C=O) groups excluding carboxylic acids is 1. The van der Waals surface area contributed by atoms with E-state index in [9.17, 15) is 9.18 Å². The van der Waals surface area contributed by atoms with Crippen molar-refractivity contribution < 1.29 is 18.3 Å². The molecule has 2 heterocycles. The van der Waals surface area contributed by atoms with Crippen molar-refractivity contribution in [1.29, 1.82) is 0 Å². The number of carbonyl (C=O) groups is 1. The molecule has 2 aromatic rings. The van der Waals surface area contributed by atoms with Crippen molar-refractivity contribution in [1.82, 2.24) is 4.98 Å². The molecular weight excluding hydrogens is 326 g/mol. The Morgan fingerprint density at radius 1 is 1.20 bits per heavy atom. The number of hydrogen-bond donors (Lipinski definition) is 0. The average Bonchev–Trinajstić information content (AvgIpc) is 3.40. The molecule has 0 unspecified atom stereocenters. The predicted molar refractivity (Wildman–Crippen MR) is 88.8 cm³/mol. The maximum atomic E-state index is 15.0. The Balaban J connectivity index is 1.82. The average molecular weight is 344 g/mol. The molecule has 1 fully saturated rings. The molecule has 130 valence electrons. The van der Waals surface area contributed by atoms with Gasteiger partial charge >= 0.3 is 0 Å². The standard InChI is InChI=1S/C19H18F2N2O2/c1-10-5-12-6-16(24)23(9-13(12)8-22-10)19-17(20)14(11-3-4-11)7-15(25-2)18(19)21/h5,7-8,11H,3-4,6,9H2,1-2H3. The number of ether oxygens (including phenoxy) is 1. The molecule has 0 spiro atoms. The first kappa shape index (κ1) is 16.0. The van der Waals surface area contributed by atoms with Crippen LogP contribution in [0.25, 0.3) is 0 Å². The summed E-state index contributed by atoms with van der Waals surface area (Å²) in [5.74, 6) is -1.77. The van der Waals surface area contributed by atoms with Crippen molar-refractivity contribution in [3.05, 3.63) is 52.3 Å². The summed E-state index contributed by atoms with van der Waals surface area (Å²) in [6.45, 7) is 1.95. The number of pyridine rings is 1. The summed E-state index contributed by atoms with van der Waals surface area (Å²) in [6, 6.07) is 3.26. The lowest BCUT2D eigenvalue weighted by molar-refractivity contribution is -0.118. The fourth-order valence-corrected chi connectivity index (χ4v) is 3.37. The monoisotopic (exact) mass is 344 g/mol. The highest BCUT2D eigenvalue weighted by Crippen LogP contribution is 2.46. The zero-order chi connectivity index (χ0) is 17.7. The molecule has 4 nitrogen and oxygen atoms in total. The summed E-state index contributed by atoms with van der Waals surface area (Å²) in [5.41, 5.74) is 2.60. The van der Waals surface area contributed by atoms with Crippen molar-refractivity contribution in [3.63, 3.8) is 0 Å². The normalized spacial score (nSPS) is 16.8. The number of fused-ring (bicyclic) bond motifs is 1. The fourth-order valence-electron chi connectivity index (χ4n) is 3.37. The first-order valence-corrected chi connectivity index (χ1v) is 8.30. The van der Waals surface area contributed by atoms with E-state index in [1.54, 1.807) is 6.20 Å². The van der Waals surface area contributed by atoms with Crippen molar-refractivity contribution in [3.8, 4) is 5.75 Å². The van der Waals surface area contributed by atoms with Gasteiger partial charge in [-0.25, -0.2) is 8.78 Å². The smallest absolute Gasteiger partial charge is 0.231 e. The van der Waals surface area contributed by atoms with Gasteiger partial charge in [-0.2, -0.15) is 0 Å². The van der Waals surface area contributed by atoms with E-state index >= 15 is 4.39 Å². The predicted octanol–water partition coefficient (Wildman–Crippen LogP) is 3.64. The molecule has 0 radical (unpaired) electrons. The van der Waals surface area contributed by atoms with Crippen LogP contribution in [0.2, 0.25) is 0 Å². The number of aromatic nitrogens is 1. The van der Waals surface area contributed by atoms with Gasteiger partial charge in [-0.3, -0.25) is 9.78 Å². The van der Waals surface area contributed by atoms with Crippen LogP contribution in [0.4, 0.5) is 14.5 Å². The summed E-state index contributed by atoms with van der Waals surface area (Å²) in [6.07, 6.45) is 3.51. The molecule has 0 bridgehead atoms. The lowest BCUT2D eigenvalue weighted by atomic mass is 9.98. The van der Waals surface area contributed by atoms with Crippen molar-refractivity contribution in [2.45, 2.75) is 38.6 Å². The Kier molecular flexibility index (Phi) is 3.71. The molecule has 1 aromatic carbocycles. The molecule has 1 saturated carbocycles. The quantitative estimate of drug-likeness (QED) is 0.854. The highest BCUT2D eigenvalue weighted by molar-refractivity contribution is 5.97. The summed E-state index contributed by atoms with van der Waals surface area (Å²) in [5, 5.41) is 0. The largest absolute Gasteiger partial charge is 0.494 e. The van der Waals surface area contributed by atoms with Crippen LogP contribution in [0.5, 0.6) is 5.75 Å². The van der Waals surface area contributed by atoms with Gasteiger partial charge in [0, 0.05) is 11.9 Å². The third-order valence-corrected chi connectivity index (χ3v) is 4.87. The third-order valence-electron chi connectivity index (χ3n) is 4.87. The van der Waals surface area contributed by atoms with E-state index in [2.05, 4.69) is 4.98 Å². The van der Waals surface area contributed by atoms with Crippen LogP contribution in [-0.2, 0) is 17.8 Å². The van der Waals surface area contributed by atoms with E-state index in [4.69, 9.17) is 4.74 Å². The summed E-state index contributed by atoms with van der Waals surface area (Å²) in [4.78, 5) is 18.0. The van der Waals surface area contributed by atoms with Crippen molar-refractivity contribution in [2.24, 2.45) is 0 Å². The Morgan fingerprint density at radius 2 is 1.96 bits per heavy atom. The Bertz CT molecular complexity index is 878. The molecule has 0 N–H and O–H groups in total. The van der Waals surface area contributed by atoms with Crippen LogP contribution in [0.1, 0.15) is 41.1 Å². The van der Waals surface area contributed by atoms with Gasteiger partial charge in [0.2, 0.25) is 5.91 Å². The van der Waals surface area contributed by atoms with E-state index in [0.29, 0.717) is 5.56 Å². The Morgan fingerprint density at radius 3 is 2.64 bits per heavy atom. The molecule has 6 heteroatoms. The maximum Gasteiger partial charge on any atom is 0.231 e. The van der Waals surface area contributed by atoms with Gasteiger partial charge in [0.1, 0.15) is 5.69 Å². The molecule has 1 amide bonds. The highest BCUT2D eigenvalue weighted by Gasteiger charge is 2.35. The first-order valence-electron chi connectivity index (χ1n) is 8.30. The Hall–Kier alpha value is -2.50. The number of anilines is 1. The molecule has 4 rings (SSSR count). The minimum absolute atomic E-state index is 0.0288. The summed E-state index contributed by atoms with van der Waals surface area (Å²) >= 11 is 0. The molecule has 25 heavy (non-hydrogen) atoms. The number of halogens is 2. The number of aryl methyl sites for hydroxylation is 1. The van der Waals surface area contributed by atoms with Crippen molar-refractivity contribution >= 4 is 11.6 Å². The van der Waals surface area contributed by atoms with Gasteiger partial charge in [-0.15, -0.1) is 0 Å². The lowest BCUT2D eigenvalue weighted by Crippen LogP contribution is -2.37. The third kappa shape index (κ3) is 2.65. The summed E-state index contributed by atoms with van der Waals surface area (Å²) < 4.78 is 34.9. The first-order chi connectivity index (χ1) is 12.0. The second-order valence-electron chi connectivity index (χ2n) is 6.67. The van der Waals surface area contributed by atoms with Crippen LogP contribution in [0.15, 0.2) is 18.3 Å². The lowest BCUT2D eigenvalue weighted by Gasteiger charge is -2.30. The SMILES string of the molecule is COc1cc(C2CC2)c(F)c(N2Cc3cnc(C)cc3CC2=O)c1F. The van der Waals surface area contributed by atoms with E-state index < -0.39 is 11.6 Å². The molecule has 2 aliphatic rings. The van der Waals surface area contributed by atoms with Crippen LogP contribution in [0, 0.1) is 18.6 Å². The molecule has 1 aromatic heterocycles. The van der Waals surface area contributed by atoms with E-state index in [-0.39, 0.29) is 36.2 Å². The zero-order valence-electron chi connectivity index (χ0n) is 14.1. The minimum Gasteiger partial charge on any atom is -0.494 e. The van der Waals surface area contributed by atoms with Gasteiger partial charge in [-0.05, 0) is 54.5 Å². The number of methoxy groups -OCH3 is 1. The van der Waals surface area contributed by atoms with Crippen molar-refractivity contribution in [2.75, 3.05) is 12.0 Å². The van der Waals surface area contributed by atoms with Gasteiger partial charge in [0.15, 0.2) is 17.4 Å². The van der Waals surface area contributed by atoms with Gasteiger partial charge in [-0.1, -0.05) is 0 Å². The Labute approximate surface area is 144 Å². The van der Waals surface area contributed by atoms with Crippen LogP contribution < -0.4 is 9.64 Å². The molecule has 0 saturated heterocycles. The molecule has 1 aliphatic carbocycles. The molecule has 1 aliphatic heterocycles. The van der Waals surface area contributed by atoms with Crippen LogP contribution >= 0.6 is 0 Å². The van der Waals surface area contributed by atoms with E-state index in [1.807, 2.05) is 13.0 Å². The number of benzene rings is 1. The van der Waals surface area contributed by atoms with Gasteiger partial charge in [0.25, 0.3) is 0 Å². The minimum atomic E-state index is -0.832. The topological polar surface area (TPSA) is 42.4 Å². The van der Waals surface area contributed by atoms with E-state index in [0.717, 1.165) is 29.7 Å². The van der Waals surface area contributed by atoms with Crippen LogP contribution in [-0.4, -0.2) is 18.0 Å². The zero-order valence-corrected chi connectivity index (χ0v) is 14.1. The second kappa shape index (κ2) is 5.79. The van der Waals surface area contributed by atoms with Gasteiger partial charge in [0.05, 0.1) is 20.1 Å². The number of hydrogen-bond acceptors (Lipinski definition) is 3. The number of nitrogens with zero attached hydrogens (tertiary/aromatic N) is 2. The highest BCUT2D eigenvalue weighted by atomic mass is 19.1. The fraction of sp³-hybridized carbons (Fsp3) is 0.368. The molecular formula is C19H18F2N2O2. The second-order valence-corrected chi connectivity index (χ2v) is 6.67. The number of amides is 1. The maximum absolute atomic E-state index is 15.0. The number of rotatable bonds is 3. The van der Waals surface area contributed by atoms with E-state index in [1.165, 1.54) is 18.1 Å².